The van der Waals surface area contributed by atoms with Gasteiger partial charge in [0.15, 0.2) is 5.78 Å². The van der Waals surface area contributed by atoms with Crippen LogP contribution in [0.2, 0.25) is 0 Å². The molecule has 0 bridgehead atoms. The SMILES string of the molecule is O=CN1CCc2cc(C(=O)CCNC(=O)/C=C/c3ccc([N+](=O)[O-])cc3)ccc21. The van der Waals surface area contributed by atoms with Gasteiger partial charge in [0.2, 0.25) is 12.3 Å². The maximum atomic E-state index is 12.3. The molecule has 2 amide bonds. The lowest BCUT2D eigenvalue weighted by Gasteiger charge is -2.10. The van der Waals surface area contributed by atoms with Crippen LogP contribution >= 0.6 is 0 Å². The maximum Gasteiger partial charge on any atom is 0.269 e. The fraction of sp³-hybridized carbons (Fsp3) is 0.190. The normalized spacial score (nSPS) is 12.6. The van der Waals surface area contributed by atoms with Crippen molar-refractivity contribution < 1.29 is 19.3 Å². The number of ketones is 1. The number of hydrogen-bond donors (Lipinski definition) is 1. The zero-order valence-corrected chi connectivity index (χ0v) is 15.5. The molecule has 2 aromatic carbocycles. The number of nitro benzene ring substituents is 1. The van der Waals surface area contributed by atoms with Crippen LogP contribution in [-0.2, 0) is 16.0 Å². The van der Waals surface area contributed by atoms with Crippen LogP contribution in [0.4, 0.5) is 11.4 Å². The summed E-state index contributed by atoms with van der Waals surface area (Å²) in [4.78, 5) is 46.9. The number of nitrogens with zero attached hydrogens (tertiary/aromatic N) is 2. The van der Waals surface area contributed by atoms with Gasteiger partial charge in [0.05, 0.1) is 4.92 Å². The Morgan fingerprint density at radius 3 is 2.62 bits per heavy atom. The Balaban J connectivity index is 1.48. The van der Waals surface area contributed by atoms with Crippen molar-refractivity contribution in [3.8, 4) is 0 Å². The zero-order chi connectivity index (χ0) is 20.8. The minimum Gasteiger partial charge on any atom is -0.352 e. The lowest BCUT2D eigenvalue weighted by atomic mass is 10.0. The third-order valence-corrected chi connectivity index (χ3v) is 4.64. The van der Waals surface area contributed by atoms with Gasteiger partial charge < -0.3 is 10.2 Å². The summed E-state index contributed by atoms with van der Waals surface area (Å²) in [5, 5.41) is 13.3. The van der Waals surface area contributed by atoms with Crippen molar-refractivity contribution >= 4 is 35.6 Å². The quantitative estimate of drug-likeness (QED) is 0.244. The van der Waals surface area contributed by atoms with Gasteiger partial charge in [-0.25, -0.2) is 0 Å². The summed E-state index contributed by atoms with van der Waals surface area (Å²) in [6.45, 7) is 0.813. The molecular formula is C21H19N3O5. The topological polar surface area (TPSA) is 110 Å². The van der Waals surface area contributed by atoms with Crippen molar-refractivity contribution in [3.63, 3.8) is 0 Å². The van der Waals surface area contributed by atoms with Crippen LogP contribution in [-0.4, -0.2) is 36.1 Å². The molecule has 8 nitrogen and oxygen atoms in total. The van der Waals surface area contributed by atoms with Crippen LogP contribution in [0.15, 0.2) is 48.5 Å². The minimum absolute atomic E-state index is 0.0180. The number of carbonyl (C=O) groups excluding carboxylic acids is 3. The second-order valence-corrected chi connectivity index (χ2v) is 6.54. The molecule has 2 aromatic rings. The monoisotopic (exact) mass is 393 g/mol. The van der Waals surface area contributed by atoms with Crippen LogP contribution in [0.5, 0.6) is 0 Å². The molecule has 29 heavy (non-hydrogen) atoms. The summed E-state index contributed by atoms with van der Waals surface area (Å²) in [6, 6.07) is 11.1. The molecule has 1 heterocycles. The first-order valence-electron chi connectivity index (χ1n) is 9.06. The molecule has 8 heteroatoms. The third kappa shape index (κ3) is 4.92. The molecule has 0 saturated heterocycles. The highest BCUT2D eigenvalue weighted by molar-refractivity contribution is 5.98. The number of rotatable bonds is 8. The van der Waals surface area contributed by atoms with Gasteiger partial charge in [-0.05, 0) is 54.0 Å². The van der Waals surface area contributed by atoms with Crippen LogP contribution in [0.25, 0.3) is 6.08 Å². The summed E-state index contributed by atoms with van der Waals surface area (Å²) < 4.78 is 0. The summed E-state index contributed by atoms with van der Waals surface area (Å²) in [7, 11) is 0. The van der Waals surface area contributed by atoms with Crippen LogP contribution in [0.1, 0.15) is 27.9 Å². The van der Waals surface area contributed by atoms with E-state index in [-0.39, 0.29) is 30.3 Å². The fourth-order valence-electron chi connectivity index (χ4n) is 3.09. The number of hydrogen-bond acceptors (Lipinski definition) is 5. The van der Waals surface area contributed by atoms with E-state index < -0.39 is 4.92 Å². The highest BCUT2D eigenvalue weighted by Crippen LogP contribution is 2.27. The molecular weight excluding hydrogens is 374 g/mol. The number of amides is 2. The number of carbonyl (C=O) groups is 3. The van der Waals surface area contributed by atoms with E-state index in [9.17, 15) is 24.5 Å². The lowest BCUT2D eigenvalue weighted by Crippen LogP contribution is -2.24. The van der Waals surface area contributed by atoms with E-state index in [4.69, 9.17) is 0 Å². The second-order valence-electron chi connectivity index (χ2n) is 6.54. The molecule has 0 aliphatic carbocycles. The van der Waals surface area contributed by atoms with Gasteiger partial charge in [0.1, 0.15) is 0 Å². The Morgan fingerprint density at radius 1 is 1.17 bits per heavy atom. The standard InChI is InChI=1S/C21H19N3O5/c25-14-23-12-10-16-13-17(4-7-19(16)23)20(26)9-11-22-21(27)8-3-15-1-5-18(6-2-15)24(28)29/h1-8,13-14H,9-12H2,(H,22,27)/b8-3+. The second kappa shape index (κ2) is 8.92. The van der Waals surface area contributed by atoms with Crippen LogP contribution in [0, 0.1) is 10.1 Å². The first-order chi connectivity index (χ1) is 14.0. The van der Waals surface area contributed by atoms with E-state index in [1.54, 1.807) is 41.3 Å². The van der Waals surface area contributed by atoms with E-state index in [2.05, 4.69) is 5.32 Å². The molecule has 1 aliphatic heterocycles. The van der Waals surface area contributed by atoms with Gasteiger partial charge in [0, 0.05) is 49.0 Å². The number of fused-ring (bicyclic) bond motifs is 1. The van der Waals surface area contributed by atoms with Crippen molar-refractivity contribution in [3.05, 3.63) is 75.3 Å². The zero-order valence-electron chi connectivity index (χ0n) is 15.5. The smallest absolute Gasteiger partial charge is 0.269 e. The summed E-state index contributed by atoms with van der Waals surface area (Å²) in [5.74, 6) is -0.441. The predicted molar refractivity (Wildman–Crippen MR) is 108 cm³/mol. The minimum atomic E-state index is -0.490. The van der Waals surface area contributed by atoms with Crippen molar-refractivity contribution in [1.82, 2.24) is 5.32 Å². The molecule has 0 radical (unpaired) electrons. The van der Waals surface area contributed by atoms with Crippen molar-refractivity contribution in [2.75, 3.05) is 18.0 Å². The Bertz CT molecular complexity index is 982. The van der Waals surface area contributed by atoms with Gasteiger partial charge in [-0.15, -0.1) is 0 Å². The van der Waals surface area contributed by atoms with E-state index >= 15 is 0 Å². The Kier molecular flexibility index (Phi) is 6.13. The predicted octanol–water partition coefficient (Wildman–Crippen LogP) is 2.52. The number of nitrogens with one attached hydrogen (secondary N) is 1. The largest absolute Gasteiger partial charge is 0.352 e. The van der Waals surface area contributed by atoms with Crippen molar-refractivity contribution in [2.45, 2.75) is 12.8 Å². The average molecular weight is 393 g/mol. The molecule has 0 spiro atoms. The van der Waals surface area contributed by atoms with Crippen molar-refractivity contribution in [2.24, 2.45) is 0 Å². The lowest BCUT2D eigenvalue weighted by molar-refractivity contribution is -0.384. The first-order valence-corrected chi connectivity index (χ1v) is 9.06. The first kappa shape index (κ1) is 19.9. The summed E-state index contributed by atoms with van der Waals surface area (Å²) in [6.07, 6.45) is 4.52. The molecule has 0 atom stereocenters. The molecule has 0 saturated carbocycles. The van der Waals surface area contributed by atoms with Crippen molar-refractivity contribution in [1.29, 1.82) is 0 Å². The molecule has 1 aliphatic rings. The summed E-state index contributed by atoms with van der Waals surface area (Å²) >= 11 is 0. The van der Waals surface area contributed by atoms with Gasteiger partial charge in [-0.2, -0.15) is 0 Å². The summed E-state index contributed by atoms with van der Waals surface area (Å²) in [5.41, 5.74) is 3.01. The van der Waals surface area contributed by atoms with Crippen LogP contribution in [0.3, 0.4) is 0 Å². The highest BCUT2D eigenvalue weighted by Gasteiger charge is 2.19. The number of nitro groups is 1. The molecule has 0 unspecified atom stereocenters. The highest BCUT2D eigenvalue weighted by atomic mass is 16.6. The Morgan fingerprint density at radius 2 is 1.93 bits per heavy atom. The Hall–Kier alpha value is -3.81. The molecule has 0 aromatic heterocycles. The molecule has 148 valence electrons. The van der Waals surface area contributed by atoms with Gasteiger partial charge in [0.25, 0.3) is 5.69 Å². The Labute approximate surface area is 167 Å². The van der Waals surface area contributed by atoms with Gasteiger partial charge in [-0.1, -0.05) is 0 Å². The van der Waals surface area contributed by atoms with E-state index in [0.717, 1.165) is 24.1 Å². The number of Topliss-reactive ketones (excluding diaryl/α,β-unsaturated/α-hetero) is 1. The number of anilines is 1. The molecule has 1 N–H and O–H groups in total. The van der Waals surface area contributed by atoms with E-state index in [0.29, 0.717) is 17.7 Å². The van der Waals surface area contributed by atoms with Gasteiger partial charge in [-0.3, -0.25) is 24.5 Å². The third-order valence-electron chi connectivity index (χ3n) is 4.64. The average Bonchev–Trinajstić information content (AvgIpc) is 3.14. The maximum absolute atomic E-state index is 12.3. The molecule has 0 fully saturated rings. The van der Waals surface area contributed by atoms with E-state index in [1.165, 1.54) is 18.2 Å². The number of benzene rings is 2. The number of non-ortho nitro benzene ring substituents is 1. The van der Waals surface area contributed by atoms with Gasteiger partial charge >= 0.3 is 0 Å². The van der Waals surface area contributed by atoms with E-state index in [1.807, 2.05) is 0 Å². The fourth-order valence-corrected chi connectivity index (χ4v) is 3.09. The van der Waals surface area contributed by atoms with Crippen LogP contribution < -0.4 is 10.2 Å². The molecule has 3 rings (SSSR count).